The molecule has 7 heteroatoms. The number of benzene rings is 2. The topological polar surface area (TPSA) is 108 Å². The number of fused-ring (bicyclic) bond motifs is 1. The summed E-state index contributed by atoms with van der Waals surface area (Å²) in [6, 6.07) is 10.6. The van der Waals surface area contributed by atoms with Gasteiger partial charge in [0.15, 0.2) is 0 Å². The molecule has 1 atom stereocenters. The lowest BCUT2D eigenvalue weighted by molar-refractivity contribution is -0.385. The molecule has 0 saturated heterocycles. The van der Waals surface area contributed by atoms with Crippen LogP contribution in [-0.4, -0.2) is 10.8 Å². The molecule has 26 heavy (non-hydrogen) atoms. The second-order valence-corrected chi connectivity index (χ2v) is 6.37. The third-order valence-electron chi connectivity index (χ3n) is 4.60. The number of hydrogen-bond acceptors (Lipinski definition) is 5. The highest BCUT2D eigenvalue weighted by Crippen LogP contribution is 2.32. The number of nitro benzene ring substituents is 1. The zero-order valence-electron chi connectivity index (χ0n) is 14.5. The van der Waals surface area contributed by atoms with Gasteiger partial charge in [0.1, 0.15) is 0 Å². The Labute approximate surface area is 150 Å². The normalized spacial score (nSPS) is 14.0. The number of nitro groups is 1. The van der Waals surface area contributed by atoms with Gasteiger partial charge in [-0.3, -0.25) is 14.9 Å². The SMILES string of the molecule is Cc1c(N[C@H](C)c2ccc3c(c2)CCC(=O)N3)cc(C#N)cc1[N+](=O)[O-]. The second-order valence-electron chi connectivity index (χ2n) is 6.37. The Morgan fingerprint density at radius 2 is 2.08 bits per heavy atom. The number of amides is 1. The van der Waals surface area contributed by atoms with Gasteiger partial charge in [-0.2, -0.15) is 5.26 Å². The van der Waals surface area contributed by atoms with Crippen LogP contribution in [0, 0.1) is 28.4 Å². The van der Waals surface area contributed by atoms with Crippen molar-refractivity contribution in [2.24, 2.45) is 0 Å². The summed E-state index contributed by atoms with van der Waals surface area (Å²) in [5.74, 6) is 0.0210. The largest absolute Gasteiger partial charge is 0.378 e. The number of carbonyl (C=O) groups excluding carboxylic acids is 1. The molecular weight excluding hydrogens is 332 g/mol. The molecule has 0 unspecified atom stereocenters. The van der Waals surface area contributed by atoms with Crippen LogP contribution in [-0.2, 0) is 11.2 Å². The van der Waals surface area contributed by atoms with E-state index in [0.717, 1.165) is 16.8 Å². The van der Waals surface area contributed by atoms with Crippen LogP contribution in [0.4, 0.5) is 17.1 Å². The monoisotopic (exact) mass is 350 g/mol. The Hall–Kier alpha value is -3.40. The third kappa shape index (κ3) is 3.35. The highest BCUT2D eigenvalue weighted by molar-refractivity contribution is 5.93. The van der Waals surface area contributed by atoms with Gasteiger partial charge in [-0.05, 0) is 43.5 Å². The van der Waals surface area contributed by atoms with Crippen molar-refractivity contribution in [3.63, 3.8) is 0 Å². The molecule has 0 spiro atoms. The summed E-state index contributed by atoms with van der Waals surface area (Å²) in [4.78, 5) is 22.2. The van der Waals surface area contributed by atoms with E-state index in [-0.39, 0.29) is 23.2 Å². The molecule has 2 aromatic carbocycles. The fraction of sp³-hybridized carbons (Fsp3) is 0.263. The summed E-state index contributed by atoms with van der Waals surface area (Å²) in [6.45, 7) is 3.62. The number of nitrogens with one attached hydrogen (secondary N) is 2. The predicted molar refractivity (Wildman–Crippen MR) is 98.0 cm³/mol. The van der Waals surface area contributed by atoms with Gasteiger partial charge in [-0.15, -0.1) is 0 Å². The summed E-state index contributed by atoms with van der Waals surface area (Å²) in [5.41, 5.74) is 4.13. The highest BCUT2D eigenvalue weighted by Gasteiger charge is 2.19. The fourth-order valence-corrected chi connectivity index (χ4v) is 3.09. The van der Waals surface area contributed by atoms with Gasteiger partial charge in [0.25, 0.3) is 5.69 Å². The summed E-state index contributed by atoms with van der Waals surface area (Å²) < 4.78 is 0. The zero-order chi connectivity index (χ0) is 18.8. The number of carbonyl (C=O) groups is 1. The van der Waals surface area contributed by atoms with Gasteiger partial charge in [0.2, 0.25) is 5.91 Å². The van der Waals surface area contributed by atoms with Crippen molar-refractivity contribution < 1.29 is 9.72 Å². The lowest BCUT2D eigenvalue weighted by Crippen LogP contribution is -2.19. The van der Waals surface area contributed by atoms with E-state index in [1.807, 2.05) is 31.2 Å². The van der Waals surface area contributed by atoms with Crippen LogP contribution < -0.4 is 10.6 Å². The molecule has 2 aromatic rings. The second kappa shape index (κ2) is 6.84. The minimum Gasteiger partial charge on any atom is -0.378 e. The van der Waals surface area contributed by atoms with E-state index >= 15 is 0 Å². The first-order valence-corrected chi connectivity index (χ1v) is 8.27. The van der Waals surface area contributed by atoms with E-state index in [0.29, 0.717) is 24.1 Å². The highest BCUT2D eigenvalue weighted by atomic mass is 16.6. The number of aryl methyl sites for hydroxylation is 1. The maximum atomic E-state index is 11.5. The van der Waals surface area contributed by atoms with Crippen LogP contribution in [0.25, 0.3) is 0 Å². The minimum atomic E-state index is -0.479. The van der Waals surface area contributed by atoms with E-state index in [9.17, 15) is 14.9 Å². The standard InChI is InChI=1S/C19H18N4O3/c1-11-17(7-13(10-20)8-18(11)23(25)26)21-12(2)14-3-5-16-15(9-14)4-6-19(24)22-16/h3,5,7-9,12,21H,4,6H2,1-2H3,(H,22,24)/t12-/m1/s1. The molecule has 0 fully saturated rings. The maximum absolute atomic E-state index is 11.5. The molecule has 7 nitrogen and oxygen atoms in total. The molecule has 3 rings (SSSR count). The molecular formula is C19H18N4O3. The molecule has 0 aromatic heterocycles. The average Bonchev–Trinajstić information content (AvgIpc) is 2.62. The van der Waals surface area contributed by atoms with Crippen molar-refractivity contribution >= 4 is 23.0 Å². The van der Waals surface area contributed by atoms with Gasteiger partial charge in [0.05, 0.1) is 16.6 Å². The Bertz CT molecular complexity index is 947. The van der Waals surface area contributed by atoms with Gasteiger partial charge < -0.3 is 10.6 Å². The van der Waals surface area contributed by atoms with Crippen LogP contribution >= 0.6 is 0 Å². The van der Waals surface area contributed by atoms with E-state index in [2.05, 4.69) is 10.6 Å². The molecule has 1 aliphatic rings. The smallest absolute Gasteiger partial charge is 0.275 e. The molecule has 0 radical (unpaired) electrons. The van der Waals surface area contributed by atoms with Crippen molar-refractivity contribution in [2.45, 2.75) is 32.7 Å². The molecule has 0 aliphatic carbocycles. The van der Waals surface area contributed by atoms with E-state index in [1.165, 1.54) is 6.07 Å². The minimum absolute atomic E-state index is 0.0210. The van der Waals surface area contributed by atoms with Crippen molar-refractivity contribution in [3.05, 3.63) is 62.7 Å². The van der Waals surface area contributed by atoms with Crippen LogP contribution in [0.3, 0.4) is 0 Å². The van der Waals surface area contributed by atoms with Gasteiger partial charge in [-0.25, -0.2) is 0 Å². The Kier molecular flexibility index (Phi) is 4.59. The molecule has 0 saturated carbocycles. The molecule has 132 valence electrons. The first-order chi connectivity index (χ1) is 12.4. The molecule has 1 heterocycles. The lowest BCUT2D eigenvalue weighted by atomic mass is 9.97. The predicted octanol–water partition coefficient (Wildman–Crippen LogP) is 3.83. The van der Waals surface area contributed by atoms with Crippen LogP contribution in [0.2, 0.25) is 0 Å². The first kappa shape index (κ1) is 17.4. The zero-order valence-corrected chi connectivity index (χ0v) is 14.5. The Balaban J connectivity index is 1.90. The summed E-state index contributed by atoms with van der Waals surface area (Å²) >= 11 is 0. The number of anilines is 2. The van der Waals surface area contributed by atoms with Crippen molar-refractivity contribution in [2.75, 3.05) is 10.6 Å². The number of rotatable bonds is 4. The Morgan fingerprint density at radius 3 is 2.77 bits per heavy atom. The lowest BCUT2D eigenvalue weighted by Gasteiger charge is -2.21. The first-order valence-electron chi connectivity index (χ1n) is 8.27. The maximum Gasteiger partial charge on any atom is 0.275 e. The average molecular weight is 350 g/mol. The molecule has 2 N–H and O–H groups in total. The number of hydrogen-bond donors (Lipinski definition) is 2. The van der Waals surface area contributed by atoms with Crippen molar-refractivity contribution in [1.29, 1.82) is 5.26 Å². The summed E-state index contributed by atoms with van der Waals surface area (Å²) in [5, 5.41) is 26.5. The molecule has 1 aliphatic heterocycles. The number of nitrogens with zero attached hydrogens (tertiary/aromatic N) is 2. The number of nitriles is 1. The summed E-state index contributed by atoms with van der Waals surface area (Å²) in [7, 11) is 0. The van der Waals surface area contributed by atoms with Crippen LogP contribution in [0.15, 0.2) is 30.3 Å². The van der Waals surface area contributed by atoms with Crippen LogP contribution in [0.5, 0.6) is 0 Å². The molecule has 0 bridgehead atoms. The van der Waals surface area contributed by atoms with E-state index < -0.39 is 4.92 Å². The van der Waals surface area contributed by atoms with E-state index in [1.54, 1.807) is 13.0 Å². The Morgan fingerprint density at radius 1 is 1.31 bits per heavy atom. The fourth-order valence-electron chi connectivity index (χ4n) is 3.09. The van der Waals surface area contributed by atoms with Gasteiger partial charge >= 0.3 is 0 Å². The van der Waals surface area contributed by atoms with Crippen LogP contribution in [0.1, 0.15) is 41.6 Å². The van der Waals surface area contributed by atoms with E-state index in [4.69, 9.17) is 5.26 Å². The third-order valence-corrected chi connectivity index (χ3v) is 4.60. The van der Waals surface area contributed by atoms with Gasteiger partial charge in [-0.1, -0.05) is 12.1 Å². The van der Waals surface area contributed by atoms with Crippen molar-refractivity contribution in [3.8, 4) is 6.07 Å². The summed E-state index contributed by atoms with van der Waals surface area (Å²) in [6.07, 6.45) is 1.16. The van der Waals surface area contributed by atoms with Gasteiger partial charge in [0, 0.05) is 35.5 Å². The van der Waals surface area contributed by atoms with Crippen molar-refractivity contribution in [1.82, 2.24) is 0 Å². The quantitative estimate of drug-likeness (QED) is 0.643. The molecule has 1 amide bonds.